The number of ether oxygens (including phenoxy) is 4. The van der Waals surface area contributed by atoms with E-state index < -0.39 is 12.0 Å². The van der Waals surface area contributed by atoms with E-state index in [1.807, 2.05) is 54.6 Å². The van der Waals surface area contributed by atoms with Crippen molar-refractivity contribution in [3.8, 4) is 17.2 Å². The van der Waals surface area contributed by atoms with E-state index in [4.69, 9.17) is 18.9 Å². The summed E-state index contributed by atoms with van der Waals surface area (Å²) in [5, 5.41) is 0. The van der Waals surface area contributed by atoms with Crippen LogP contribution in [0.2, 0.25) is 0 Å². The molecule has 0 radical (unpaired) electrons. The van der Waals surface area contributed by atoms with Crippen LogP contribution in [-0.4, -0.2) is 31.4 Å². The normalized spacial score (nSPS) is 14.7. The quantitative estimate of drug-likeness (QED) is 0.199. The lowest BCUT2D eigenvalue weighted by molar-refractivity contribution is -0.139. The summed E-state index contributed by atoms with van der Waals surface area (Å²) in [4.78, 5) is 32.3. The van der Waals surface area contributed by atoms with Crippen molar-refractivity contribution in [2.45, 2.75) is 26.5 Å². The second-order valence-corrected chi connectivity index (χ2v) is 12.2. The van der Waals surface area contributed by atoms with Crippen molar-refractivity contribution < 1.29 is 23.7 Å². The first kappa shape index (κ1) is 30.8. The highest BCUT2D eigenvalue weighted by Crippen LogP contribution is 2.38. The summed E-state index contributed by atoms with van der Waals surface area (Å²) in [7, 11) is 3.15. The predicted octanol–water partition coefficient (Wildman–Crippen LogP) is 5.92. The van der Waals surface area contributed by atoms with E-state index in [9.17, 15) is 9.59 Å². The Morgan fingerprint density at radius 3 is 2.44 bits per heavy atom. The van der Waals surface area contributed by atoms with Crippen molar-refractivity contribution in [2.24, 2.45) is 4.99 Å². The van der Waals surface area contributed by atoms with E-state index in [1.165, 1.54) is 11.3 Å². The number of halogens is 2. The molecule has 0 N–H and O–H groups in total. The summed E-state index contributed by atoms with van der Waals surface area (Å²) in [5.74, 6) is 1.19. The number of esters is 1. The van der Waals surface area contributed by atoms with Crippen LogP contribution in [0, 0.1) is 0 Å². The Bertz CT molecular complexity index is 1900. The van der Waals surface area contributed by atoms with Crippen molar-refractivity contribution in [3.63, 3.8) is 0 Å². The highest BCUT2D eigenvalue weighted by atomic mass is 79.9. The molecule has 0 amide bonds. The minimum atomic E-state index is -0.741. The zero-order chi connectivity index (χ0) is 30.7. The lowest BCUT2D eigenvalue weighted by Crippen LogP contribution is -2.40. The summed E-state index contributed by atoms with van der Waals surface area (Å²) in [5.41, 5.74) is 2.98. The molecule has 0 fully saturated rings. The van der Waals surface area contributed by atoms with Gasteiger partial charge in [-0.3, -0.25) is 9.36 Å². The lowest BCUT2D eigenvalue weighted by Gasteiger charge is -2.25. The zero-order valence-electron chi connectivity index (χ0n) is 23.9. The van der Waals surface area contributed by atoms with Crippen molar-refractivity contribution in [1.82, 2.24) is 4.57 Å². The van der Waals surface area contributed by atoms with E-state index in [2.05, 4.69) is 36.9 Å². The number of fused-ring (bicyclic) bond motifs is 1. The van der Waals surface area contributed by atoms with Crippen LogP contribution < -0.4 is 29.1 Å². The van der Waals surface area contributed by atoms with Gasteiger partial charge >= 0.3 is 5.97 Å². The molecule has 1 aliphatic heterocycles. The van der Waals surface area contributed by atoms with E-state index in [-0.39, 0.29) is 12.2 Å². The summed E-state index contributed by atoms with van der Waals surface area (Å²) in [6.45, 7) is 4.07. The molecule has 0 saturated heterocycles. The molecule has 5 rings (SSSR count). The topological polar surface area (TPSA) is 88.4 Å². The van der Waals surface area contributed by atoms with Gasteiger partial charge in [-0.2, -0.15) is 0 Å². The lowest BCUT2D eigenvalue weighted by atomic mass is 9.96. The Morgan fingerprint density at radius 1 is 1.02 bits per heavy atom. The highest BCUT2D eigenvalue weighted by molar-refractivity contribution is 9.11. The van der Waals surface area contributed by atoms with Gasteiger partial charge in [0.1, 0.15) is 12.4 Å². The molecular formula is C32H28Br2N2O6S. The van der Waals surface area contributed by atoms with Crippen LogP contribution in [-0.2, 0) is 16.1 Å². The van der Waals surface area contributed by atoms with Crippen molar-refractivity contribution in [2.75, 3.05) is 20.8 Å². The SMILES string of the molecule is CCOC(=O)C1=C(C)N=c2s/c(=C/c3cc(Br)c(OCc4ccccc4)c(OC)c3)c(=O)n2[C@H]1c1ccc(OC)c(Br)c1. The minimum absolute atomic E-state index is 0.195. The van der Waals surface area contributed by atoms with Crippen molar-refractivity contribution >= 4 is 55.2 Å². The fourth-order valence-corrected chi connectivity index (χ4v) is 6.98. The maximum Gasteiger partial charge on any atom is 0.338 e. The predicted molar refractivity (Wildman–Crippen MR) is 173 cm³/mol. The summed E-state index contributed by atoms with van der Waals surface area (Å²) >= 11 is 8.39. The number of hydrogen-bond donors (Lipinski definition) is 0. The van der Waals surface area contributed by atoms with E-state index >= 15 is 0 Å². The summed E-state index contributed by atoms with van der Waals surface area (Å²) in [6.07, 6.45) is 1.78. The second kappa shape index (κ2) is 13.3. The largest absolute Gasteiger partial charge is 0.496 e. The van der Waals surface area contributed by atoms with Crippen LogP contribution in [0.5, 0.6) is 17.2 Å². The number of methoxy groups -OCH3 is 2. The third kappa shape index (κ3) is 6.34. The highest BCUT2D eigenvalue weighted by Gasteiger charge is 2.33. The molecule has 11 heteroatoms. The molecule has 4 aromatic rings. The molecule has 3 aromatic carbocycles. The van der Waals surface area contributed by atoms with Gasteiger partial charge in [0.25, 0.3) is 5.56 Å². The number of allylic oxidation sites excluding steroid dienone is 1. The minimum Gasteiger partial charge on any atom is -0.496 e. The standard InChI is InChI=1S/C32H28Br2N2O6S/c1-5-41-31(38)27-18(2)35-32-36(28(27)21-11-12-24(39-3)22(33)16-21)30(37)26(43-32)15-20-13-23(34)29(25(14-20)40-4)42-17-19-9-7-6-8-10-19/h6-16,28H,5,17H2,1-4H3/b26-15+/t28-/m0/s1. The van der Waals surface area contributed by atoms with E-state index in [1.54, 1.807) is 44.8 Å². The van der Waals surface area contributed by atoms with Crippen LogP contribution in [0.4, 0.5) is 0 Å². The third-order valence-electron chi connectivity index (χ3n) is 6.78. The van der Waals surface area contributed by atoms with Crippen molar-refractivity contribution in [3.05, 3.63) is 117 Å². The fraction of sp³-hybridized carbons (Fsp3) is 0.219. The van der Waals surface area contributed by atoms with Gasteiger partial charge in [0.2, 0.25) is 0 Å². The molecule has 0 saturated carbocycles. The second-order valence-electron chi connectivity index (χ2n) is 9.50. The van der Waals surface area contributed by atoms with Gasteiger partial charge in [-0.1, -0.05) is 47.7 Å². The Morgan fingerprint density at radius 2 is 1.77 bits per heavy atom. The van der Waals surface area contributed by atoms with E-state index in [0.717, 1.165) is 11.1 Å². The molecule has 0 aliphatic carbocycles. The monoisotopic (exact) mass is 726 g/mol. The average molecular weight is 728 g/mol. The molecule has 0 unspecified atom stereocenters. The number of carbonyl (C=O) groups is 1. The molecule has 1 aromatic heterocycles. The van der Waals surface area contributed by atoms with Gasteiger partial charge < -0.3 is 18.9 Å². The van der Waals surface area contributed by atoms with Gasteiger partial charge in [-0.05, 0) is 92.7 Å². The number of aromatic nitrogens is 1. The molecule has 2 heterocycles. The first-order valence-corrected chi connectivity index (χ1v) is 15.7. The summed E-state index contributed by atoms with van der Waals surface area (Å²) in [6, 6.07) is 18.3. The smallest absolute Gasteiger partial charge is 0.338 e. The molecule has 1 aliphatic rings. The number of benzene rings is 3. The van der Waals surface area contributed by atoms with Crippen LogP contribution in [0.1, 0.15) is 36.6 Å². The molecule has 43 heavy (non-hydrogen) atoms. The molecule has 1 atom stereocenters. The Labute approximate surface area is 269 Å². The van der Waals surface area contributed by atoms with Crippen LogP contribution in [0.15, 0.2) is 90.7 Å². The van der Waals surface area contributed by atoms with Crippen LogP contribution in [0.3, 0.4) is 0 Å². The van der Waals surface area contributed by atoms with Gasteiger partial charge in [-0.15, -0.1) is 0 Å². The van der Waals surface area contributed by atoms with E-state index in [0.29, 0.717) is 59.0 Å². The van der Waals surface area contributed by atoms with Gasteiger partial charge in [-0.25, -0.2) is 9.79 Å². The zero-order valence-corrected chi connectivity index (χ0v) is 27.8. The Balaban J connectivity index is 1.60. The third-order valence-corrected chi connectivity index (χ3v) is 8.98. The number of thiazole rings is 1. The number of carbonyl (C=O) groups excluding carboxylic acids is 1. The van der Waals surface area contributed by atoms with Crippen LogP contribution in [0.25, 0.3) is 6.08 Å². The Kier molecular flexibility index (Phi) is 9.53. The number of hydrogen-bond acceptors (Lipinski definition) is 8. The van der Waals surface area contributed by atoms with Gasteiger partial charge in [0.05, 0.1) is 51.6 Å². The number of nitrogens with zero attached hydrogens (tertiary/aromatic N) is 2. The fourth-order valence-electron chi connectivity index (χ4n) is 4.80. The molecular weight excluding hydrogens is 700 g/mol. The maximum absolute atomic E-state index is 14.0. The molecule has 8 nitrogen and oxygen atoms in total. The summed E-state index contributed by atoms with van der Waals surface area (Å²) < 4.78 is 25.9. The van der Waals surface area contributed by atoms with Crippen LogP contribution >= 0.6 is 43.2 Å². The molecule has 222 valence electrons. The molecule has 0 spiro atoms. The Hall–Kier alpha value is -3.67. The van der Waals surface area contributed by atoms with Gasteiger partial charge in [0, 0.05) is 0 Å². The first-order valence-electron chi connectivity index (χ1n) is 13.3. The van der Waals surface area contributed by atoms with Gasteiger partial charge in [0.15, 0.2) is 16.3 Å². The number of rotatable bonds is 9. The average Bonchev–Trinajstić information content (AvgIpc) is 3.29. The first-order chi connectivity index (χ1) is 20.7. The van der Waals surface area contributed by atoms with Crippen molar-refractivity contribution in [1.29, 1.82) is 0 Å². The molecule has 0 bridgehead atoms. The maximum atomic E-state index is 14.0.